The van der Waals surface area contributed by atoms with Crippen molar-refractivity contribution in [2.24, 2.45) is 0 Å². The molecule has 0 saturated carbocycles. The molecule has 0 aliphatic heterocycles. The van der Waals surface area contributed by atoms with Crippen LogP contribution in [0.3, 0.4) is 0 Å². The maximum Gasteiger partial charge on any atom is 0.244 e. The van der Waals surface area contributed by atoms with E-state index in [1.807, 2.05) is 0 Å². The molecule has 1 N–H and O–H groups in total. The number of nitrogens with zero attached hydrogens (tertiary/aromatic N) is 1. The monoisotopic (exact) mass is 374 g/mol. The number of amides is 1. The molecule has 0 unspecified atom stereocenters. The fourth-order valence-corrected chi connectivity index (χ4v) is 3.12. The van der Waals surface area contributed by atoms with Crippen LogP contribution in [0.15, 0.2) is 23.6 Å². The van der Waals surface area contributed by atoms with Gasteiger partial charge in [-0.15, -0.1) is 11.3 Å². The lowest BCUT2D eigenvalue weighted by atomic mass is 10.2. The molecule has 124 valence electrons. The highest BCUT2D eigenvalue weighted by Crippen LogP contribution is 2.31. The lowest BCUT2D eigenvalue weighted by Crippen LogP contribution is -2.31. The van der Waals surface area contributed by atoms with E-state index in [1.54, 1.807) is 23.6 Å². The van der Waals surface area contributed by atoms with Crippen LogP contribution in [0.1, 0.15) is 6.92 Å². The maximum atomic E-state index is 11.9. The first-order valence-corrected chi connectivity index (χ1v) is 9.72. The number of benzene rings is 1. The number of thiazole rings is 1. The Morgan fingerprint density at radius 2 is 2.13 bits per heavy atom. The largest absolute Gasteiger partial charge is 0.495 e. The van der Waals surface area contributed by atoms with E-state index < -0.39 is 21.0 Å². The summed E-state index contributed by atoms with van der Waals surface area (Å²) in [6.45, 7) is 1.34. The van der Waals surface area contributed by atoms with Gasteiger partial charge in [-0.05, 0) is 25.1 Å². The average molecular weight is 375 g/mol. The number of sulfone groups is 1. The zero-order chi connectivity index (χ0) is 17.2. The van der Waals surface area contributed by atoms with Gasteiger partial charge in [0.05, 0.1) is 17.8 Å². The van der Waals surface area contributed by atoms with Gasteiger partial charge >= 0.3 is 0 Å². The highest BCUT2D eigenvalue weighted by Gasteiger charge is 2.24. The minimum atomic E-state index is -3.45. The molecule has 1 aromatic carbocycles. The number of methoxy groups -OCH3 is 1. The Labute approximate surface area is 143 Å². The molecule has 6 nitrogen and oxygen atoms in total. The molecule has 1 atom stereocenters. The Morgan fingerprint density at radius 3 is 2.70 bits per heavy atom. The summed E-state index contributed by atoms with van der Waals surface area (Å²) in [6, 6.07) is 5.23. The number of carbonyl (C=O) groups excluding carboxylic acids is 1. The first kappa shape index (κ1) is 17.7. The van der Waals surface area contributed by atoms with E-state index in [4.69, 9.17) is 16.3 Å². The molecule has 2 rings (SSSR count). The van der Waals surface area contributed by atoms with Crippen LogP contribution in [0.4, 0.5) is 5.13 Å². The van der Waals surface area contributed by atoms with Crippen molar-refractivity contribution in [3.8, 4) is 17.0 Å². The molecule has 0 radical (unpaired) electrons. The molecule has 0 spiro atoms. The summed E-state index contributed by atoms with van der Waals surface area (Å²) in [5.41, 5.74) is 1.39. The number of halogens is 1. The second-order valence-electron chi connectivity index (χ2n) is 4.85. The van der Waals surface area contributed by atoms with Gasteiger partial charge in [-0.3, -0.25) is 4.79 Å². The molecule has 2 aromatic rings. The van der Waals surface area contributed by atoms with Gasteiger partial charge in [0.15, 0.2) is 15.0 Å². The molecule has 1 amide bonds. The summed E-state index contributed by atoms with van der Waals surface area (Å²) >= 11 is 7.28. The Bertz CT molecular complexity index is 833. The third kappa shape index (κ3) is 4.21. The van der Waals surface area contributed by atoms with Gasteiger partial charge in [0.2, 0.25) is 5.91 Å². The van der Waals surface area contributed by atoms with Crippen LogP contribution < -0.4 is 10.1 Å². The van der Waals surface area contributed by atoms with Crippen LogP contribution in [-0.4, -0.2) is 37.9 Å². The predicted molar refractivity (Wildman–Crippen MR) is 92.0 cm³/mol. The minimum absolute atomic E-state index is 0.326. The quantitative estimate of drug-likeness (QED) is 0.869. The summed E-state index contributed by atoms with van der Waals surface area (Å²) < 4.78 is 27.9. The van der Waals surface area contributed by atoms with E-state index in [2.05, 4.69) is 10.3 Å². The Hall–Kier alpha value is -1.64. The number of carbonyl (C=O) groups is 1. The summed E-state index contributed by atoms with van der Waals surface area (Å²) in [5.74, 6) is -0.0534. The van der Waals surface area contributed by atoms with E-state index >= 15 is 0 Å². The molecular formula is C14H15ClN2O4S2. The van der Waals surface area contributed by atoms with Crippen LogP contribution in [-0.2, 0) is 14.6 Å². The van der Waals surface area contributed by atoms with Crippen LogP contribution >= 0.6 is 22.9 Å². The van der Waals surface area contributed by atoms with Crippen molar-refractivity contribution < 1.29 is 17.9 Å². The van der Waals surface area contributed by atoms with E-state index in [0.29, 0.717) is 21.6 Å². The number of rotatable bonds is 5. The fourth-order valence-electron chi connectivity index (χ4n) is 1.69. The van der Waals surface area contributed by atoms with Crippen molar-refractivity contribution in [3.05, 3.63) is 28.6 Å². The van der Waals surface area contributed by atoms with Crippen LogP contribution in [0, 0.1) is 0 Å². The molecule has 0 aliphatic carbocycles. The third-order valence-corrected chi connectivity index (χ3v) is 5.74. The molecule has 9 heteroatoms. The molecular weight excluding hydrogens is 360 g/mol. The number of ether oxygens (including phenoxy) is 1. The summed E-state index contributed by atoms with van der Waals surface area (Å²) in [4.78, 5) is 16.2. The number of hydrogen-bond acceptors (Lipinski definition) is 6. The number of anilines is 1. The first-order chi connectivity index (χ1) is 10.7. The maximum absolute atomic E-state index is 11.9. The van der Waals surface area contributed by atoms with Gasteiger partial charge in [0, 0.05) is 17.2 Å². The second-order valence-corrected chi connectivity index (χ2v) is 8.48. The molecule has 1 heterocycles. The van der Waals surface area contributed by atoms with Crippen molar-refractivity contribution in [2.45, 2.75) is 12.2 Å². The molecule has 0 aliphatic rings. The Balaban J connectivity index is 2.18. The number of hydrogen-bond donors (Lipinski definition) is 1. The zero-order valence-corrected chi connectivity index (χ0v) is 15.1. The topological polar surface area (TPSA) is 85.4 Å². The van der Waals surface area contributed by atoms with Gasteiger partial charge in [-0.1, -0.05) is 11.6 Å². The van der Waals surface area contributed by atoms with Crippen molar-refractivity contribution in [2.75, 3.05) is 18.7 Å². The minimum Gasteiger partial charge on any atom is -0.495 e. The van der Waals surface area contributed by atoms with E-state index in [1.165, 1.54) is 25.4 Å². The lowest BCUT2D eigenvalue weighted by molar-refractivity contribution is -0.115. The Kier molecular flexibility index (Phi) is 5.28. The lowest BCUT2D eigenvalue weighted by Gasteiger charge is -2.08. The highest BCUT2D eigenvalue weighted by molar-refractivity contribution is 7.92. The average Bonchev–Trinajstić information content (AvgIpc) is 2.93. The SMILES string of the molecule is COc1ccc(-c2csc(NC(=O)[C@H](C)S(C)(=O)=O)n2)cc1Cl. The van der Waals surface area contributed by atoms with Gasteiger partial charge in [0.1, 0.15) is 11.0 Å². The van der Waals surface area contributed by atoms with Crippen LogP contribution in [0.5, 0.6) is 5.75 Å². The molecule has 1 aromatic heterocycles. The van der Waals surface area contributed by atoms with Crippen molar-refractivity contribution in [1.29, 1.82) is 0 Å². The van der Waals surface area contributed by atoms with Crippen LogP contribution in [0.2, 0.25) is 5.02 Å². The zero-order valence-electron chi connectivity index (χ0n) is 12.7. The van der Waals surface area contributed by atoms with Gasteiger partial charge in [0.25, 0.3) is 0 Å². The van der Waals surface area contributed by atoms with Gasteiger partial charge < -0.3 is 10.1 Å². The fraction of sp³-hybridized carbons (Fsp3) is 0.286. The van der Waals surface area contributed by atoms with Gasteiger partial charge in [-0.25, -0.2) is 13.4 Å². The standard InChI is InChI=1S/C14H15ClN2O4S2/c1-8(23(3,19)20)13(18)17-14-16-11(7-22-14)9-4-5-12(21-2)10(15)6-9/h4-8H,1-3H3,(H,16,17,18)/t8-/m0/s1. The van der Waals surface area contributed by atoms with Crippen LogP contribution in [0.25, 0.3) is 11.3 Å². The van der Waals surface area contributed by atoms with E-state index in [9.17, 15) is 13.2 Å². The number of aromatic nitrogens is 1. The summed E-state index contributed by atoms with van der Waals surface area (Å²) in [5, 5.41) is 3.90. The molecule has 0 bridgehead atoms. The van der Waals surface area contributed by atoms with Crippen molar-refractivity contribution >= 4 is 43.8 Å². The Morgan fingerprint density at radius 1 is 1.43 bits per heavy atom. The highest BCUT2D eigenvalue weighted by atomic mass is 35.5. The summed E-state index contributed by atoms with van der Waals surface area (Å²) in [6.07, 6.45) is 1.02. The molecule has 0 fully saturated rings. The van der Waals surface area contributed by atoms with E-state index in [0.717, 1.165) is 11.8 Å². The summed E-state index contributed by atoms with van der Waals surface area (Å²) in [7, 11) is -1.92. The smallest absolute Gasteiger partial charge is 0.244 e. The molecule has 23 heavy (non-hydrogen) atoms. The predicted octanol–water partition coefficient (Wildman–Crippen LogP) is 2.84. The first-order valence-electron chi connectivity index (χ1n) is 6.51. The van der Waals surface area contributed by atoms with Crippen molar-refractivity contribution in [1.82, 2.24) is 4.98 Å². The van der Waals surface area contributed by atoms with E-state index in [-0.39, 0.29) is 0 Å². The molecule has 0 saturated heterocycles. The third-order valence-electron chi connectivity index (χ3n) is 3.19. The van der Waals surface area contributed by atoms with Crippen molar-refractivity contribution in [3.63, 3.8) is 0 Å². The number of nitrogens with one attached hydrogen (secondary N) is 1. The van der Waals surface area contributed by atoms with Gasteiger partial charge in [-0.2, -0.15) is 0 Å². The second kappa shape index (κ2) is 6.86. The normalized spacial score (nSPS) is 12.7.